The van der Waals surface area contributed by atoms with E-state index in [1.54, 1.807) is 0 Å². The first kappa shape index (κ1) is 14.9. The molecule has 1 aliphatic heterocycles. The highest BCUT2D eigenvalue weighted by Crippen LogP contribution is 2.28. The molecule has 0 unspecified atom stereocenters. The highest BCUT2D eigenvalue weighted by molar-refractivity contribution is 5.77. The Bertz CT molecular complexity index is 444. The number of alkyl halides is 3. The van der Waals surface area contributed by atoms with Gasteiger partial charge in [0.05, 0.1) is 0 Å². The molecule has 0 spiro atoms. The summed E-state index contributed by atoms with van der Waals surface area (Å²) in [5, 5.41) is 0. The normalized spacial score (nSPS) is 20.6. The molecule has 5 heteroatoms. The zero-order chi connectivity index (χ0) is 14.6. The number of amides is 1. The molecule has 1 heterocycles. The molecule has 1 saturated heterocycles. The molecule has 0 N–H and O–H groups in total. The average molecular weight is 285 g/mol. The van der Waals surface area contributed by atoms with Gasteiger partial charge in [-0.15, -0.1) is 0 Å². The van der Waals surface area contributed by atoms with Crippen molar-refractivity contribution >= 4 is 5.91 Å². The largest absolute Gasteiger partial charge is 0.397 e. The van der Waals surface area contributed by atoms with Crippen molar-refractivity contribution in [2.24, 2.45) is 0 Å². The Morgan fingerprint density at radius 3 is 2.55 bits per heavy atom. The van der Waals surface area contributed by atoms with Crippen molar-refractivity contribution in [3.8, 4) is 0 Å². The molecule has 20 heavy (non-hydrogen) atoms. The van der Waals surface area contributed by atoms with E-state index in [2.05, 4.69) is 0 Å². The quantitative estimate of drug-likeness (QED) is 0.810. The number of halogens is 3. The zero-order valence-electron chi connectivity index (χ0n) is 11.2. The van der Waals surface area contributed by atoms with Crippen molar-refractivity contribution in [3.63, 3.8) is 0 Å². The van der Waals surface area contributed by atoms with E-state index in [1.165, 1.54) is 4.90 Å². The summed E-state index contributed by atoms with van der Waals surface area (Å²) in [6, 6.07) is 9.70. The summed E-state index contributed by atoms with van der Waals surface area (Å²) in [5.41, 5.74) is 1.10. The maximum absolute atomic E-state index is 12.3. The topological polar surface area (TPSA) is 20.3 Å². The van der Waals surface area contributed by atoms with Gasteiger partial charge in [-0.25, -0.2) is 0 Å². The maximum atomic E-state index is 12.3. The second kappa shape index (κ2) is 6.29. The third-order valence-corrected chi connectivity index (χ3v) is 3.65. The number of nitrogens with zero attached hydrogens (tertiary/aromatic N) is 1. The number of hydrogen-bond donors (Lipinski definition) is 0. The Hall–Kier alpha value is -1.52. The summed E-state index contributed by atoms with van der Waals surface area (Å²) in [6.07, 6.45) is -3.15. The maximum Gasteiger partial charge on any atom is 0.397 e. The van der Waals surface area contributed by atoms with Crippen LogP contribution in [-0.2, 0) is 4.79 Å². The van der Waals surface area contributed by atoms with Crippen molar-refractivity contribution in [1.82, 2.24) is 4.90 Å². The molecule has 1 fully saturated rings. The molecule has 1 aromatic rings. The van der Waals surface area contributed by atoms with Gasteiger partial charge in [0.25, 0.3) is 0 Å². The van der Waals surface area contributed by atoms with Crippen LogP contribution in [0.2, 0.25) is 0 Å². The van der Waals surface area contributed by atoms with Crippen molar-refractivity contribution in [2.75, 3.05) is 13.1 Å². The fourth-order valence-electron chi connectivity index (χ4n) is 2.65. The van der Waals surface area contributed by atoms with Gasteiger partial charge in [0.1, 0.15) is 6.42 Å². The molecular formula is C15H18F3NO. The van der Waals surface area contributed by atoms with Gasteiger partial charge >= 0.3 is 6.18 Å². The summed E-state index contributed by atoms with van der Waals surface area (Å²) >= 11 is 0. The predicted molar refractivity (Wildman–Crippen MR) is 70.3 cm³/mol. The minimum atomic E-state index is -4.42. The SMILES string of the molecule is O=C(CC(F)(F)F)N1CCCC[C@H](c2ccccc2)C1. The van der Waals surface area contributed by atoms with Crippen molar-refractivity contribution < 1.29 is 18.0 Å². The molecule has 1 aliphatic rings. The highest BCUT2D eigenvalue weighted by atomic mass is 19.4. The van der Waals surface area contributed by atoms with Crippen LogP contribution in [0.15, 0.2) is 30.3 Å². The molecule has 0 saturated carbocycles. The Morgan fingerprint density at radius 1 is 1.20 bits per heavy atom. The van der Waals surface area contributed by atoms with Crippen LogP contribution in [0, 0.1) is 0 Å². The van der Waals surface area contributed by atoms with Crippen LogP contribution >= 0.6 is 0 Å². The standard InChI is InChI=1S/C15H18F3NO/c16-15(17,18)10-14(20)19-9-5-4-8-13(11-19)12-6-2-1-3-7-12/h1-3,6-7,13H,4-5,8-11H2/t13-/m0/s1. The lowest BCUT2D eigenvalue weighted by Gasteiger charge is -2.25. The summed E-state index contributed by atoms with van der Waals surface area (Å²) in [6.45, 7) is 0.817. The van der Waals surface area contributed by atoms with Crippen molar-refractivity contribution in [3.05, 3.63) is 35.9 Å². The Labute approximate surface area is 116 Å². The third kappa shape index (κ3) is 4.25. The van der Waals surface area contributed by atoms with Gasteiger partial charge in [-0.05, 0) is 18.4 Å². The van der Waals surface area contributed by atoms with E-state index in [-0.39, 0.29) is 5.92 Å². The second-order valence-electron chi connectivity index (χ2n) is 5.24. The Balaban J connectivity index is 2.05. The number of rotatable bonds is 2. The van der Waals surface area contributed by atoms with Gasteiger partial charge in [0.2, 0.25) is 5.91 Å². The van der Waals surface area contributed by atoms with E-state index >= 15 is 0 Å². The van der Waals surface area contributed by atoms with Gasteiger partial charge in [0.15, 0.2) is 0 Å². The number of hydrogen-bond acceptors (Lipinski definition) is 1. The number of benzene rings is 1. The molecule has 2 nitrogen and oxygen atoms in total. The second-order valence-corrected chi connectivity index (χ2v) is 5.24. The first-order valence-electron chi connectivity index (χ1n) is 6.85. The summed E-state index contributed by atoms with van der Waals surface area (Å²) < 4.78 is 37.0. The molecule has 0 aromatic heterocycles. The first-order chi connectivity index (χ1) is 9.46. The summed E-state index contributed by atoms with van der Waals surface area (Å²) in [5.74, 6) is -0.670. The lowest BCUT2D eigenvalue weighted by atomic mass is 9.94. The third-order valence-electron chi connectivity index (χ3n) is 3.65. The van der Waals surface area contributed by atoms with Crippen LogP contribution in [0.4, 0.5) is 13.2 Å². The van der Waals surface area contributed by atoms with E-state index in [1.807, 2.05) is 30.3 Å². The number of carbonyl (C=O) groups is 1. The molecule has 0 radical (unpaired) electrons. The van der Waals surface area contributed by atoms with E-state index in [0.29, 0.717) is 13.1 Å². The van der Waals surface area contributed by atoms with Crippen LogP contribution in [-0.4, -0.2) is 30.1 Å². The Morgan fingerprint density at radius 2 is 1.90 bits per heavy atom. The van der Waals surface area contributed by atoms with Gasteiger partial charge < -0.3 is 4.90 Å². The van der Waals surface area contributed by atoms with E-state index < -0.39 is 18.5 Å². The fraction of sp³-hybridized carbons (Fsp3) is 0.533. The molecule has 110 valence electrons. The van der Waals surface area contributed by atoms with E-state index in [0.717, 1.165) is 24.8 Å². The lowest BCUT2D eigenvalue weighted by molar-refractivity contribution is -0.161. The lowest BCUT2D eigenvalue weighted by Crippen LogP contribution is -2.36. The smallest absolute Gasteiger partial charge is 0.342 e. The van der Waals surface area contributed by atoms with Gasteiger partial charge in [-0.3, -0.25) is 4.79 Å². The molecule has 0 aliphatic carbocycles. The minimum absolute atomic E-state index is 0.135. The Kier molecular flexibility index (Phi) is 4.68. The van der Waals surface area contributed by atoms with E-state index in [4.69, 9.17) is 0 Å². The van der Waals surface area contributed by atoms with Gasteiger partial charge in [0, 0.05) is 19.0 Å². The van der Waals surface area contributed by atoms with Crippen LogP contribution in [0.1, 0.15) is 37.2 Å². The van der Waals surface area contributed by atoms with Crippen LogP contribution in [0.5, 0.6) is 0 Å². The molecule has 1 aromatic carbocycles. The van der Waals surface area contributed by atoms with Crippen LogP contribution < -0.4 is 0 Å². The average Bonchev–Trinajstić information content (AvgIpc) is 2.63. The van der Waals surface area contributed by atoms with Crippen LogP contribution in [0.25, 0.3) is 0 Å². The molecule has 2 rings (SSSR count). The van der Waals surface area contributed by atoms with Crippen molar-refractivity contribution in [2.45, 2.75) is 37.8 Å². The first-order valence-corrected chi connectivity index (χ1v) is 6.85. The molecular weight excluding hydrogens is 267 g/mol. The fourth-order valence-corrected chi connectivity index (χ4v) is 2.65. The van der Waals surface area contributed by atoms with Gasteiger partial charge in [-0.2, -0.15) is 13.2 Å². The molecule has 1 atom stereocenters. The molecule has 0 bridgehead atoms. The highest BCUT2D eigenvalue weighted by Gasteiger charge is 2.34. The summed E-state index contributed by atoms with van der Waals surface area (Å²) in [4.78, 5) is 13.1. The van der Waals surface area contributed by atoms with Gasteiger partial charge in [-0.1, -0.05) is 36.8 Å². The summed E-state index contributed by atoms with van der Waals surface area (Å²) in [7, 11) is 0. The monoisotopic (exact) mass is 285 g/mol. The zero-order valence-corrected chi connectivity index (χ0v) is 11.2. The number of likely N-dealkylation sites (tertiary alicyclic amines) is 1. The number of carbonyl (C=O) groups excluding carboxylic acids is 1. The molecule has 1 amide bonds. The van der Waals surface area contributed by atoms with E-state index in [9.17, 15) is 18.0 Å². The van der Waals surface area contributed by atoms with Crippen molar-refractivity contribution in [1.29, 1.82) is 0 Å². The minimum Gasteiger partial charge on any atom is -0.342 e. The van der Waals surface area contributed by atoms with Crippen LogP contribution in [0.3, 0.4) is 0 Å². The predicted octanol–water partition coefficient (Wildman–Crippen LogP) is 3.74.